The molecule has 0 atom stereocenters. The second kappa shape index (κ2) is 7.52. The van der Waals surface area contributed by atoms with Crippen LogP contribution in [0.4, 0.5) is 15.9 Å². The van der Waals surface area contributed by atoms with Gasteiger partial charge in [-0.1, -0.05) is 0 Å². The van der Waals surface area contributed by atoms with E-state index in [1.807, 2.05) is 6.07 Å². The molecule has 5 aromatic rings. The van der Waals surface area contributed by atoms with E-state index in [-0.39, 0.29) is 0 Å². The molecule has 1 fully saturated rings. The van der Waals surface area contributed by atoms with Crippen LogP contribution >= 0.6 is 0 Å². The van der Waals surface area contributed by atoms with Gasteiger partial charge in [-0.25, -0.2) is 14.4 Å². The Labute approximate surface area is 188 Å². The van der Waals surface area contributed by atoms with Crippen molar-refractivity contribution in [3.63, 3.8) is 0 Å². The molecule has 10 heteroatoms. The Morgan fingerprint density at radius 1 is 1.06 bits per heavy atom. The largest absolute Gasteiger partial charge is 0.397 e. The zero-order chi connectivity index (χ0) is 22.5. The number of imidazole rings is 1. The number of likely N-dealkylation sites (N-methyl/N-ethyl adjacent to an activating group) is 1. The van der Waals surface area contributed by atoms with Crippen LogP contribution in [0.15, 0.2) is 42.9 Å². The Kier molecular flexibility index (Phi) is 4.47. The summed E-state index contributed by atoms with van der Waals surface area (Å²) in [7, 11) is 2.11. The fraction of sp³-hybridized carbons (Fsp3) is 0.217. The molecule has 1 aliphatic heterocycles. The molecule has 33 heavy (non-hydrogen) atoms. The first-order valence-corrected chi connectivity index (χ1v) is 10.7. The van der Waals surface area contributed by atoms with E-state index in [1.54, 1.807) is 30.6 Å². The number of nitrogens with one attached hydrogen (secondary N) is 2. The van der Waals surface area contributed by atoms with Crippen molar-refractivity contribution in [2.75, 3.05) is 43.9 Å². The van der Waals surface area contributed by atoms with Gasteiger partial charge in [0.2, 0.25) is 0 Å². The molecular weight excluding hydrogens is 421 g/mol. The Bertz CT molecular complexity index is 1480. The van der Waals surface area contributed by atoms with Crippen molar-refractivity contribution in [2.24, 2.45) is 0 Å². The Hall–Kier alpha value is -4.05. The minimum Gasteiger partial charge on any atom is -0.397 e. The fourth-order valence-corrected chi connectivity index (χ4v) is 4.36. The molecule has 0 amide bonds. The number of aromatic amines is 2. The molecule has 4 aromatic heterocycles. The smallest absolute Gasteiger partial charge is 0.159 e. The lowest BCUT2D eigenvalue weighted by molar-refractivity contribution is 0.312. The van der Waals surface area contributed by atoms with E-state index >= 15 is 4.39 Å². The maximum Gasteiger partial charge on any atom is 0.159 e. The molecule has 9 nitrogen and oxygen atoms in total. The quantitative estimate of drug-likeness (QED) is 0.392. The number of nitrogen functional groups attached to an aromatic ring is 1. The second-order valence-corrected chi connectivity index (χ2v) is 8.34. The van der Waals surface area contributed by atoms with Gasteiger partial charge in [0, 0.05) is 55.9 Å². The van der Waals surface area contributed by atoms with Gasteiger partial charge in [-0.15, -0.1) is 0 Å². The van der Waals surface area contributed by atoms with Crippen LogP contribution in [-0.4, -0.2) is 68.3 Å². The number of rotatable bonds is 3. The van der Waals surface area contributed by atoms with E-state index in [0.717, 1.165) is 43.0 Å². The van der Waals surface area contributed by atoms with Gasteiger partial charge < -0.3 is 20.5 Å². The summed E-state index contributed by atoms with van der Waals surface area (Å²) >= 11 is 0. The Morgan fingerprint density at radius 2 is 1.91 bits per heavy atom. The first-order valence-electron chi connectivity index (χ1n) is 10.7. The van der Waals surface area contributed by atoms with Gasteiger partial charge in [-0.2, -0.15) is 5.10 Å². The Morgan fingerprint density at radius 3 is 2.73 bits per heavy atom. The van der Waals surface area contributed by atoms with Gasteiger partial charge in [-0.3, -0.25) is 10.1 Å². The first-order chi connectivity index (χ1) is 16.1. The highest BCUT2D eigenvalue weighted by Crippen LogP contribution is 2.35. The summed E-state index contributed by atoms with van der Waals surface area (Å²) in [5.41, 5.74) is 9.93. The van der Waals surface area contributed by atoms with Crippen LogP contribution in [0.2, 0.25) is 0 Å². The maximum absolute atomic E-state index is 15.7. The van der Waals surface area contributed by atoms with Crippen LogP contribution in [0.1, 0.15) is 0 Å². The number of nitrogens with two attached hydrogens (primary N) is 1. The highest BCUT2D eigenvalue weighted by Gasteiger charge is 2.23. The topological polar surface area (TPSA) is 116 Å². The molecule has 4 N–H and O–H groups in total. The summed E-state index contributed by atoms with van der Waals surface area (Å²) in [6.45, 7) is 3.68. The fourth-order valence-electron chi connectivity index (χ4n) is 4.36. The summed E-state index contributed by atoms with van der Waals surface area (Å²) < 4.78 is 15.7. The number of piperazine rings is 1. The van der Waals surface area contributed by atoms with Crippen molar-refractivity contribution in [1.29, 1.82) is 0 Å². The molecule has 5 heterocycles. The summed E-state index contributed by atoms with van der Waals surface area (Å²) in [4.78, 5) is 21.3. The molecule has 0 unspecified atom stereocenters. The van der Waals surface area contributed by atoms with E-state index in [4.69, 9.17) is 10.7 Å². The minimum absolute atomic E-state index is 0.364. The van der Waals surface area contributed by atoms with E-state index in [0.29, 0.717) is 39.2 Å². The number of H-pyrrole nitrogens is 2. The molecule has 166 valence electrons. The highest BCUT2D eigenvalue weighted by molar-refractivity contribution is 5.97. The molecule has 1 saturated heterocycles. The minimum atomic E-state index is -0.401. The number of benzene rings is 1. The third kappa shape index (κ3) is 3.26. The SMILES string of the molecule is CN1CCN(c2nccc3[nH]c(-c4n[nH]c5ccc(-c6cncc(N)c6)c(F)c45)nc23)CC1. The summed E-state index contributed by atoms with van der Waals surface area (Å²) in [5.74, 6) is 0.915. The van der Waals surface area contributed by atoms with Gasteiger partial charge in [0.25, 0.3) is 0 Å². The maximum atomic E-state index is 15.7. The lowest BCUT2D eigenvalue weighted by Gasteiger charge is -2.33. The summed E-state index contributed by atoms with van der Waals surface area (Å²) in [6, 6.07) is 7.07. The van der Waals surface area contributed by atoms with Crippen LogP contribution in [0, 0.1) is 5.82 Å². The molecule has 0 spiro atoms. The van der Waals surface area contributed by atoms with Crippen molar-refractivity contribution in [1.82, 2.24) is 35.0 Å². The first kappa shape index (κ1) is 19.6. The van der Waals surface area contributed by atoms with E-state index < -0.39 is 5.82 Å². The highest BCUT2D eigenvalue weighted by atomic mass is 19.1. The zero-order valence-corrected chi connectivity index (χ0v) is 18.0. The third-order valence-electron chi connectivity index (χ3n) is 6.15. The average Bonchev–Trinajstić information content (AvgIpc) is 3.44. The van der Waals surface area contributed by atoms with Gasteiger partial charge >= 0.3 is 0 Å². The van der Waals surface area contributed by atoms with Gasteiger partial charge in [-0.05, 0) is 31.3 Å². The molecular formula is C23H22FN9. The monoisotopic (exact) mass is 443 g/mol. The van der Waals surface area contributed by atoms with Gasteiger partial charge in [0.1, 0.15) is 17.0 Å². The molecule has 1 aromatic carbocycles. The number of halogens is 1. The van der Waals surface area contributed by atoms with Crippen LogP contribution in [0.25, 0.3) is 44.6 Å². The van der Waals surface area contributed by atoms with Crippen LogP contribution < -0.4 is 10.6 Å². The molecule has 0 bridgehead atoms. The standard InChI is InChI=1S/C23H22FN9/c1-32-6-8-33(9-7-32)23-20-17(4-5-27-23)28-22(29-20)21-18-16(30-31-21)3-2-15(19(18)24)13-10-14(25)12-26-11-13/h2-5,10-12H,6-9,25H2,1H3,(H,28,29)(H,30,31). The summed E-state index contributed by atoms with van der Waals surface area (Å²) in [5, 5.41) is 7.67. The van der Waals surface area contributed by atoms with Gasteiger partial charge in [0.15, 0.2) is 11.6 Å². The molecule has 6 rings (SSSR count). The lowest BCUT2D eigenvalue weighted by Crippen LogP contribution is -2.44. The van der Waals surface area contributed by atoms with Crippen LogP contribution in [0.3, 0.4) is 0 Å². The summed E-state index contributed by atoms with van der Waals surface area (Å²) in [6.07, 6.45) is 4.89. The van der Waals surface area contributed by atoms with E-state index in [2.05, 4.69) is 42.0 Å². The third-order valence-corrected chi connectivity index (χ3v) is 6.15. The number of hydrogen-bond donors (Lipinski definition) is 3. The second-order valence-electron chi connectivity index (χ2n) is 8.34. The van der Waals surface area contributed by atoms with Gasteiger partial charge in [0.05, 0.1) is 22.1 Å². The molecule has 0 saturated carbocycles. The number of hydrogen-bond acceptors (Lipinski definition) is 7. The number of pyridine rings is 2. The van der Waals surface area contributed by atoms with Crippen molar-refractivity contribution in [2.45, 2.75) is 0 Å². The Balaban J connectivity index is 1.48. The van der Waals surface area contributed by atoms with Crippen LogP contribution in [0.5, 0.6) is 0 Å². The van der Waals surface area contributed by atoms with Crippen molar-refractivity contribution >= 4 is 33.4 Å². The van der Waals surface area contributed by atoms with Crippen molar-refractivity contribution in [3.05, 3.63) is 48.7 Å². The number of nitrogens with zero attached hydrogens (tertiary/aromatic N) is 6. The molecule has 0 radical (unpaired) electrons. The molecule has 1 aliphatic rings. The molecule has 0 aliphatic carbocycles. The lowest BCUT2D eigenvalue weighted by atomic mass is 10.0. The van der Waals surface area contributed by atoms with Crippen molar-refractivity contribution in [3.8, 4) is 22.6 Å². The number of aromatic nitrogens is 6. The number of fused-ring (bicyclic) bond motifs is 2. The average molecular weight is 443 g/mol. The zero-order valence-electron chi connectivity index (χ0n) is 18.0. The van der Waals surface area contributed by atoms with Crippen molar-refractivity contribution < 1.29 is 4.39 Å². The number of anilines is 2. The van der Waals surface area contributed by atoms with E-state index in [9.17, 15) is 0 Å². The van der Waals surface area contributed by atoms with E-state index in [1.165, 1.54) is 6.20 Å². The predicted molar refractivity (Wildman–Crippen MR) is 126 cm³/mol. The normalized spacial score (nSPS) is 15.0. The predicted octanol–water partition coefficient (Wildman–Crippen LogP) is 3.04. The van der Waals surface area contributed by atoms with Crippen LogP contribution in [-0.2, 0) is 0 Å².